The van der Waals surface area contributed by atoms with E-state index in [1.807, 2.05) is 85.2 Å². The number of carbonyl (C=O) groups is 5. The largest absolute Gasteiger partial charge is 0.444 e. The van der Waals surface area contributed by atoms with Crippen molar-refractivity contribution < 1.29 is 33.8 Å². The zero-order valence-electron chi connectivity index (χ0n) is 32.6. The van der Waals surface area contributed by atoms with Crippen molar-refractivity contribution in [2.75, 3.05) is 32.7 Å². The number of hydrogen-bond acceptors (Lipinski definition) is 9. The van der Waals surface area contributed by atoms with Gasteiger partial charge < -0.3 is 35.2 Å². The van der Waals surface area contributed by atoms with Crippen LogP contribution in [-0.2, 0) is 23.9 Å². The first kappa shape index (κ1) is 41.7. The van der Waals surface area contributed by atoms with Gasteiger partial charge in [0.1, 0.15) is 17.7 Å². The van der Waals surface area contributed by atoms with Gasteiger partial charge in [0, 0.05) is 52.0 Å². The normalized spacial score (nSPS) is 19.1. The predicted molar refractivity (Wildman–Crippen MR) is 204 cm³/mol. The molecule has 4 rings (SSSR count). The molecule has 2 aliphatic heterocycles. The lowest BCUT2D eigenvalue weighted by Gasteiger charge is -2.35. The number of piperazine rings is 1. The van der Waals surface area contributed by atoms with Crippen LogP contribution < -0.4 is 10.6 Å². The number of β-amino-alcohol motifs (C(OH)–C–C–N with tert-alkyl or cyclic N) is 1. The number of likely N-dealkylation sites (tertiary alicyclic amines) is 1. The van der Waals surface area contributed by atoms with Crippen LogP contribution in [0, 0.1) is 12.3 Å². The second-order valence-corrected chi connectivity index (χ2v) is 17.1. The molecule has 3 N–H and O–H groups in total. The van der Waals surface area contributed by atoms with Gasteiger partial charge in [0.2, 0.25) is 23.6 Å². The minimum Gasteiger partial charge on any atom is -0.444 e. The number of aryl methyl sites for hydroxylation is 1. The molecule has 13 nitrogen and oxygen atoms in total. The fourth-order valence-electron chi connectivity index (χ4n) is 6.61. The van der Waals surface area contributed by atoms with Crippen molar-refractivity contribution in [3.05, 3.63) is 41.0 Å². The van der Waals surface area contributed by atoms with Crippen LogP contribution in [0.3, 0.4) is 0 Å². The Balaban J connectivity index is 1.23. The molecule has 292 valence electrons. The molecule has 2 aromatic rings. The summed E-state index contributed by atoms with van der Waals surface area (Å²) in [5.74, 6) is -1.02. The smallest absolute Gasteiger partial charge is 0.410 e. The summed E-state index contributed by atoms with van der Waals surface area (Å²) in [6.45, 7) is 16.7. The maximum absolute atomic E-state index is 14.0. The van der Waals surface area contributed by atoms with E-state index in [2.05, 4.69) is 15.6 Å². The molecule has 14 heteroatoms. The van der Waals surface area contributed by atoms with E-state index in [4.69, 9.17) is 4.74 Å². The minimum atomic E-state index is -0.906. The third-order valence-corrected chi connectivity index (χ3v) is 10.6. The number of rotatable bonds is 12. The molecule has 2 saturated heterocycles. The summed E-state index contributed by atoms with van der Waals surface area (Å²) in [5, 5.41) is 16.5. The summed E-state index contributed by atoms with van der Waals surface area (Å²) in [6.07, 6.45) is 1.26. The van der Waals surface area contributed by atoms with Crippen molar-refractivity contribution in [1.82, 2.24) is 30.3 Å². The number of unbranched alkanes of at least 4 members (excludes halogenated alkanes) is 2. The average Bonchev–Trinajstić information content (AvgIpc) is 3.70. The molecule has 2 fully saturated rings. The van der Waals surface area contributed by atoms with Gasteiger partial charge >= 0.3 is 6.09 Å². The molecule has 0 bridgehead atoms. The number of amides is 5. The van der Waals surface area contributed by atoms with E-state index >= 15 is 0 Å². The highest BCUT2D eigenvalue weighted by atomic mass is 32.1. The topological polar surface area (TPSA) is 161 Å². The molecule has 2 aliphatic rings. The van der Waals surface area contributed by atoms with E-state index < -0.39 is 35.1 Å². The molecule has 5 amide bonds. The van der Waals surface area contributed by atoms with Gasteiger partial charge in [-0.25, -0.2) is 9.78 Å². The second kappa shape index (κ2) is 17.9. The number of thiazole rings is 1. The van der Waals surface area contributed by atoms with Crippen molar-refractivity contribution >= 4 is 41.1 Å². The lowest BCUT2D eigenvalue weighted by Crippen LogP contribution is -2.57. The monoisotopic (exact) mass is 754 g/mol. The number of aromatic nitrogens is 1. The predicted octanol–water partition coefficient (Wildman–Crippen LogP) is 4.82. The average molecular weight is 755 g/mol. The van der Waals surface area contributed by atoms with E-state index in [1.54, 1.807) is 21.1 Å². The zero-order chi connectivity index (χ0) is 39.1. The summed E-state index contributed by atoms with van der Waals surface area (Å²) in [7, 11) is 0. The number of nitrogens with zero attached hydrogens (tertiary/aromatic N) is 4. The number of carbonyl (C=O) groups excluding carboxylic acids is 5. The fourth-order valence-corrected chi connectivity index (χ4v) is 7.42. The Bertz CT molecular complexity index is 1590. The number of aliphatic hydroxyl groups excluding tert-OH is 1. The van der Waals surface area contributed by atoms with Crippen LogP contribution in [0.5, 0.6) is 0 Å². The maximum atomic E-state index is 14.0. The molecule has 0 aliphatic carbocycles. The summed E-state index contributed by atoms with van der Waals surface area (Å²) < 4.78 is 5.43. The maximum Gasteiger partial charge on any atom is 0.410 e. The van der Waals surface area contributed by atoms with Gasteiger partial charge in [0.25, 0.3) is 0 Å². The lowest BCUT2D eigenvalue weighted by molar-refractivity contribution is -0.144. The quantitative estimate of drug-likeness (QED) is 0.260. The van der Waals surface area contributed by atoms with E-state index in [9.17, 15) is 29.1 Å². The van der Waals surface area contributed by atoms with E-state index in [0.29, 0.717) is 51.9 Å². The molecular formula is C39H58N6O7S. The third-order valence-electron chi connectivity index (χ3n) is 9.64. The second-order valence-electron chi connectivity index (χ2n) is 16.3. The Kier molecular flexibility index (Phi) is 14.1. The number of nitrogens with one attached hydrogen (secondary N) is 2. The molecule has 0 spiro atoms. The van der Waals surface area contributed by atoms with Crippen LogP contribution in [0.1, 0.15) is 104 Å². The SMILES string of the molecule is Cc1ncsc1-c1ccc([C@H](C)NC(=O)[C@@H]2C[C@@H](O)CN2C(=O)[C@@H](NC(=O)CCCCCC(=O)N2CCN(C(=O)OC(C)(C)C)CC2)C(C)(C)C)cc1. The van der Waals surface area contributed by atoms with Crippen molar-refractivity contribution in [3.63, 3.8) is 0 Å². The van der Waals surface area contributed by atoms with Gasteiger partial charge in [-0.2, -0.15) is 0 Å². The third kappa shape index (κ3) is 11.7. The molecular weight excluding hydrogens is 697 g/mol. The van der Waals surface area contributed by atoms with E-state index in [1.165, 1.54) is 4.90 Å². The standard InChI is InChI=1S/C39H58N6O7S/c1-25(27-14-16-28(17-15-27)33-26(2)40-24-53-33)41-35(49)30-22-29(46)23-45(30)36(50)34(38(3,4)5)42-31(47)12-10-9-11-13-32(48)43-18-20-44(21-19-43)37(51)52-39(6,7)8/h14-17,24-25,29-30,34,46H,9-13,18-23H2,1-8H3,(H,41,49)(H,42,47)/t25-,29+,30-,34+/m0/s1. The number of ether oxygens (including phenoxy) is 1. The van der Waals surface area contributed by atoms with Gasteiger partial charge in [-0.3, -0.25) is 19.2 Å². The highest BCUT2D eigenvalue weighted by Crippen LogP contribution is 2.30. The highest BCUT2D eigenvalue weighted by Gasteiger charge is 2.44. The number of aliphatic hydroxyl groups is 1. The van der Waals surface area contributed by atoms with Gasteiger partial charge in [-0.1, -0.05) is 51.5 Å². The molecule has 1 aromatic heterocycles. The first-order chi connectivity index (χ1) is 24.8. The Labute approximate surface area is 317 Å². The van der Waals surface area contributed by atoms with Crippen molar-refractivity contribution in [2.45, 2.75) is 124 Å². The molecule has 0 saturated carbocycles. The fraction of sp³-hybridized carbons (Fsp3) is 0.641. The van der Waals surface area contributed by atoms with Crippen LogP contribution in [0.2, 0.25) is 0 Å². The molecule has 3 heterocycles. The van der Waals surface area contributed by atoms with Crippen LogP contribution in [-0.4, -0.2) is 111 Å². The molecule has 1 aromatic carbocycles. The van der Waals surface area contributed by atoms with Crippen molar-refractivity contribution in [2.24, 2.45) is 5.41 Å². The van der Waals surface area contributed by atoms with Crippen LogP contribution in [0.15, 0.2) is 29.8 Å². The first-order valence-electron chi connectivity index (χ1n) is 18.7. The van der Waals surface area contributed by atoms with Gasteiger partial charge in [0.05, 0.1) is 28.2 Å². The minimum absolute atomic E-state index is 0.000724. The highest BCUT2D eigenvalue weighted by molar-refractivity contribution is 7.13. The number of benzene rings is 1. The Morgan fingerprint density at radius 2 is 1.55 bits per heavy atom. The number of hydrogen-bond donors (Lipinski definition) is 3. The zero-order valence-corrected chi connectivity index (χ0v) is 33.4. The van der Waals surface area contributed by atoms with E-state index in [-0.39, 0.29) is 49.2 Å². The summed E-state index contributed by atoms with van der Waals surface area (Å²) >= 11 is 1.58. The van der Waals surface area contributed by atoms with Gasteiger partial charge in [-0.15, -0.1) is 11.3 Å². The summed E-state index contributed by atoms with van der Waals surface area (Å²) in [5.41, 5.74) is 3.51. The van der Waals surface area contributed by atoms with Gasteiger partial charge in [-0.05, 0) is 64.0 Å². The van der Waals surface area contributed by atoms with E-state index in [0.717, 1.165) is 21.7 Å². The summed E-state index contributed by atoms with van der Waals surface area (Å²) in [6, 6.07) is 5.82. The lowest BCUT2D eigenvalue weighted by atomic mass is 9.85. The Hall–Kier alpha value is -4.04. The Morgan fingerprint density at radius 3 is 2.13 bits per heavy atom. The Morgan fingerprint density at radius 1 is 0.925 bits per heavy atom. The van der Waals surface area contributed by atoms with Crippen LogP contribution in [0.4, 0.5) is 4.79 Å². The van der Waals surface area contributed by atoms with Crippen LogP contribution in [0.25, 0.3) is 10.4 Å². The first-order valence-corrected chi connectivity index (χ1v) is 19.6. The van der Waals surface area contributed by atoms with Crippen LogP contribution >= 0.6 is 11.3 Å². The van der Waals surface area contributed by atoms with Crippen molar-refractivity contribution in [1.29, 1.82) is 0 Å². The molecule has 0 unspecified atom stereocenters. The molecule has 53 heavy (non-hydrogen) atoms. The summed E-state index contributed by atoms with van der Waals surface area (Å²) in [4.78, 5) is 75.9. The molecule has 4 atom stereocenters. The molecule has 0 radical (unpaired) electrons. The van der Waals surface area contributed by atoms with Gasteiger partial charge in [0.15, 0.2) is 0 Å². The van der Waals surface area contributed by atoms with Crippen molar-refractivity contribution in [3.8, 4) is 10.4 Å².